The first-order valence-electron chi connectivity index (χ1n) is 8.81. The molecule has 0 spiro atoms. The molecule has 0 N–H and O–H groups in total. The minimum absolute atomic E-state index is 0.0149. The number of carbonyl (C=O) groups is 1. The van der Waals surface area contributed by atoms with Gasteiger partial charge < -0.3 is 0 Å². The fourth-order valence-electron chi connectivity index (χ4n) is 4.52. The maximum atomic E-state index is 12.9. The van der Waals surface area contributed by atoms with Crippen molar-refractivity contribution in [1.29, 1.82) is 5.26 Å². The topological polar surface area (TPSA) is 83.9 Å². The minimum atomic E-state index is -0.365. The summed E-state index contributed by atoms with van der Waals surface area (Å²) in [4.78, 5) is 21.5. The molecular formula is C19H17N5O. The number of hydrogen-bond acceptors (Lipinski definition) is 5. The third-order valence-electron chi connectivity index (χ3n) is 5.75. The highest BCUT2D eigenvalue weighted by Crippen LogP contribution is 2.46. The van der Waals surface area contributed by atoms with Gasteiger partial charge in [0.25, 0.3) is 0 Å². The van der Waals surface area contributed by atoms with Crippen molar-refractivity contribution in [3.05, 3.63) is 29.7 Å². The monoisotopic (exact) mass is 331 g/mol. The van der Waals surface area contributed by atoms with Crippen molar-refractivity contribution in [3.63, 3.8) is 0 Å². The van der Waals surface area contributed by atoms with Crippen molar-refractivity contribution in [2.45, 2.75) is 44.1 Å². The Morgan fingerprint density at radius 2 is 2.16 bits per heavy atom. The molecule has 6 heteroatoms. The molecule has 0 radical (unpaired) electrons. The lowest BCUT2D eigenvalue weighted by Crippen LogP contribution is -2.20. The zero-order chi connectivity index (χ0) is 17.0. The van der Waals surface area contributed by atoms with Crippen LogP contribution in [-0.4, -0.2) is 26.8 Å². The maximum absolute atomic E-state index is 12.9. The third kappa shape index (κ3) is 2.02. The van der Waals surface area contributed by atoms with Crippen molar-refractivity contribution < 1.29 is 4.79 Å². The van der Waals surface area contributed by atoms with Crippen LogP contribution < -0.4 is 0 Å². The molecule has 25 heavy (non-hydrogen) atoms. The van der Waals surface area contributed by atoms with Gasteiger partial charge in [0.1, 0.15) is 5.69 Å². The third-order valence-corrected chi connectivity index (χ3v) is 5.75. The van der Waals surface area contributed by atoms with Gasteiger partial charge in [-0.25, -0.2) is 9.98 Å². The summed E-state index contributed by atoms with van der Waals surface area (Å²) in [5, 5.41) is 13.9. The quantitative estimate of drug-likeness (QED) is 0.860. The second kappa shape index (κ2) is 5.35. The summed E-state index contributed by atoms with van der Waals surface area (Å²) < 4.78 is 1.88. The molecule has 1 saturated carbocycles. The van der Waals surface area contributed by atoms with Gasteiger partial charge in [0.05, 0.1) is 24.4 Å². The predicted molar refractivity (Wildman–Crippen MR) is 91.9 cm³/mol. The smallest absolute Gasteiger partial charge is 0.196 e. The highest BCUT2D eigenvalue weighted by Gasteiger charge is 2.39. The molecule has 2 aromatic rings. The summed E-state index contributed by atoms with van der Waals surface area (Å²) in [7, 11) is 0. The summed E-state index contributed by atoms with van der Waals surface area (Å²) in [6, 6.07) is 4.29. The fourth-order valence-corrected chi connectivity index (χ4v) is 4.52. The molecule has 0 amide bonds. The molecule has 2 unspecified atom stereocenters. The molecule has 2 aromatic heterocycles. The number of fused-ring (bicyclic) bond motifs is 2. The van der Waals surface area contributed by atoms with E-state index >= 15 is 0 Å². The van der Waals surface area contributed by atoms with E-state index in [1.807, 2.05) is 16.9 Å². The van der Waals surface area contributed by atoms with E-state index in [2.05, 4.69) is 21.1 Å². The molecule has 0 bridgehead atoms. The van der Waals surface area contributed by atoms with Crippen LogP contribution in [0.2, 0.25) is 0 Å². The Bertz CT molecular complexity index is 945. The van der Waals surface area contributed by atoms with Crippen LogP contribution in [-0.2, 0) is 0 Å². The molecule has 2 aliphatic carbocycles. The molecule has 5 rings (SSSR count). The first kappa shape index (κ1) is 14.5. The first-order valence-corrected chi connectivity index (χ1v) is 8.81. The van der Waals surface area contributed by atoms with Gasteiger partial charge in [0.2, 0.25) is 0 Å². The Morgan fingerprint density at radius 3 is 2.96 bits per heavy atom. The van der Waals surface area contributed by atoms with Crippen LogP contribution in [0.3, 0.4) is 0 Å². The molecule has 1 aliphatic heterocycles. The standard InChI is InChI=1S/C19H17N5O/c20-7-5-15(11-3-1-2-4-11)24-10-14-12-6-8-21-19-16(12)13(9-22-19)18(25)17(14)23-24/h6,8-11,13,15H,1-5H2. The van der Waals surface area contributed by atoms with Gasteiger partial charge in [-0.1, -0.05) is 12.8 Å². The van der Waals surface area contributed by atoms with Gasteiger partial charge in [-0.2, -0.15) is 10.4 Å². The second-order valence-corrected chi connectivity index (χ2v) is 7.06. The van der Waals surface area contributed by atoms with Crippen molar-refractivity contribution in [2.24, 2.45) is 10.9 Å². The molecule has 2 atom stereocenters. The molecular weight excluding hydrogens is 314 g/mol. The molecule has 0 aromatic carbocycles. The average Bonchev–Trinajstić information content (AvgIpc) is 3.37. The van der Waals surface area contributed by atoms with Crippen molar-refractivity contribution in [1.82, 2.24) is 14.8 Å². The van der Waals surface area contributed by atoms with Gasteiger partial charge in [-0.15, -0.1) is 0 Å². The van der Waals surface area contributed by atoms with E-state index in [0.717, 1.165) is 29.5 Å². The largest absolute Gasteiger partial charge is 0.291 e. The van der Waals surface area contributed by atoms with E-state index in [1.165, 1.54) is 12.8 Å². The zero-order valence-corrected chi connectivity index (χ0v) is 13.7. The summed E-state index contributed by atoms with van der Waals surface area (Å²) in [5.74, 6) is 0.724. The van der Waals surface area contributed by atoms with E-state index in [1.54, 1.807) is 12.4 Å². The number of ketones is 1. The van der Waals surface area contributed by atoms with Crippen molar-refractivity contribution in [3.8, 4) is 17.2 Å². The van der Waals surface area contributed by atoms with Crippen LogP contribution in [0.15, 0.2) is 23.5 Å². The van der Waals surface area contributed by atoms with Crippen LogP contribution in [0.5, 0.6) is 0 Å². The number of nitrogens with zero attached hydrogens (tertiary/aromatic N) is 5. The van der Waals surface area contributed by atoms with Gasteiger partial charge in [0, 0.05) is 29.7 Å². The first-order chi connectivity index (χ1) is 12.3. The van der Waals surface area contributed by atoms with E-state index in [4.69, 9.17) is 0 Å². The Hall–Kier alpha value is -2.81. The number of pyridine rings is 1. The van der Waals surface area contributed by atoms with Crippen LogP contribution in [0.25, 0.3) is 11.1 Å². The lowest BCUT2D eigenvalue weighted by molar-refractivity contribution is 0.0977. The number of hydrogen-bond donors (Lipinski definition) is 0. The summed E-state index contributed by atoms with van der Waals surface area (Å²) in [6.45, 7) is 0. The Morgan fingerprint density at radius 1 is 1.32 bits per heavy atom. The number of aliphatic imine (C=N–C) groups is 1. The van der Waals surface area contributed by atoms with Gasteiger partial charge in [-0.05, 0) is 30.4 Å². The Balaban J connectivity index is 1.63. The average molecular weight is 331 g/mol. The van der Waals surface area contributed by atoms with Gasteiger partial charge >= 0.3 is 0 Å². The summed E-state index contributed by atoms with van der Waals surface area (Å²) >= 11 is 0. The number of Topliss-reactive ketones (excluding diaryl/α,β-unsaturated/α-hetero) is 1. The van der Waals surface area contributed by atoms with E-state index in [9.17, 15) is 10.1 Å². The van der Waals surface area contributed by atoms with Crippen LogP contribution >= 0.6 is 0 Å². The lowest BCUT2D eigenvalue weighted by atomic mass is 9.83. The van der Waals surface area contributed by atoms with Crippen LogP contribution in [0.4, 0.5) is 5.82 Å². The SMILES string of the molecule is N#CCC(C1CCCC1)n1cc2c(n1)C(=O)C1C=Nc3nccc-2c31. The molecule has 3 heterocycles. The van der Waals surface area contributed by atoms with Gasteiger partial charge in [0.15, 0.2) is 11.6 Å². The van der Waals surface area contributed by atoms with Crippen molar-refractivity contribution in [2.75, 3.05) is 0 Å². The Labute approximate surface area is 145 Å². The fraction of sp³-hybridized carbons (Fsp3) is 0.421. The van der Waals surface area contributed by atoms with Crippen molar-refractivity contribution >= 4 is 17.8 Å². The number of nitriles is 1. The molecule has 3 aliphatic rings. The van der Waals surface area contributed by atoms with E-state index < -0.39 is 0 Å². The molecule has 0 saturated heterocycles. The maximum Gasteiger partial charge on any atom is 0.196 e. The van der Waals surface area contributed by atoms with Crippen LogP contribution in [0, 0.1) is 17.2 Å². The normalized spacial score (nSPS) is 21.9. The summed E-state index contributed by atoms with van der Waals surface area (Å²) in [5.41, 5.74) is 3.25. The highest BCUT2D eigenvalue weighted by atomic mass is 16.1. The molecule has 1 fully saturated rings. The number of carbonyl (C=O) groups excluding carboxylic acids is 1. The number of rotatable bonds is 3. The summed E-state index contributed by atoms with van der Waals surface area (Å²) in [6.07, 6.45) is 10.5. The lowest BCUT2D eigenvalue weighted by Gasteiger charge is -2.21. The van der Waals surface area contributed by atoms with Crippen LogP contribution in [0.1, 0.15) is 60.1 Å². The van der Waals surface area contributed by atoms with E-state index in [0.29, 0.717) is 23.9 Å². The highest BCUT2D eigenvalue weighted by molar-refractivity contribution is 6.18. The molecule has 124 valence electrons. The number of aromatic nitrogens is 3. The van der Waals surface area contributed by atoms with E-state index in [-0.39, 0.29) is 17.7 Å². The molecule has 6 nitrogen and oxygen atoms in total. The predicted octanol–water partition coefficient (Wildman–Crippen LogP) is 3.59. The minimum Gasteiger partial charge on any atom is -0.291 e. The second-order valence-electron chi connectivity index (χ2n) is 7.06. The van der Waals surface area contributed by atoms with Gasteiger partial charge in [-0.3, -0.25) is 9.48 Å². The Kier molecular flexibility index (Phi) is 3.11. The zero-order valence-electron chi connectivity index (χ0n) is 13.7.